The number of anilines is 1. The minimum atomic E-state index is -0.274. The number of para-hydroxylation sites is 1. The second kappa shape index (κ2) is 9.01. The van der Waals surface area contributed by atoms with Crippen molar-refractivity contribution in [1.29, 1.82) is 0 Å². The van der Waals surface area contributed by atoms with Gasteiger partial charge in [-0.1, -0.05) is 42.5 Å². The fraction of sp³-hybridized carbons (Fsp3) is 0.192. The Labute approximate surface area is 190 Å². The quantitative estimate of drug-likeness (QED) is 0.373. The van der Waals surface area contributed by atoms with Gasteiger partial charge >= 0.3 is 0 Å². The van der Waals surface area contributed by atoms with Crippen molar-refractivity contribution in [2.45, 2.75) is 19.4 Å². The lowest BCUT2D eigenvalue weighted by molar-refractivity contribution is 0.357. The van der Waals surface area contributed by atoms with Crippen LogP contribution in [0.3, 0.4) is 0 Å². The van der Waals surface area contributed by atoms with Gasteiger partial charge in [0.25, 0.3) is 0 Å². The molecule has 0 amide bonds. The molecule has 1 aliphatic rings. The number of methoxy groups -OCH3 is 1. The van der Waals surface area contributed by atoms with Crippen LogP contribution in [-0.4, -0.2) is 18.7 Å². The van der Waals surface area contributed by atoms with Crippen LogP contribution in [0, 0.1) is 5.82 Å². The zero-order chi connectivity index (χ0) is 21.9. The number of hydrogen-bond acceptors (Lipinski definition) is 5. The molecule has 4 nitrogen and oxygen atoms in total. The van der Waals surface area contributed by atoms with Crippen molar-refractivity contribution in [1.82, 2.24) is 4.98 Å². The molecule has 0 saturated heterocycles. The average molecular weight is 447 g/mol. The zero-order valence-corrected chi connectivity index (χ0v) is 18.5. The maximum absolute atomic E-state index is 14.6. The molecule has 1 aliphatic heterocycles. The number of rotatable bonds is 7. The molecular formula is C26H23FN2O2S. The first-order valence-electron chi connectivity index (χ1n) is 10.6. The summed E-state index contributed by atoms with van der Waals surface area (Å²) in [6.45, 7) is 1.39. The standard InChI is InChI=1S/C26H23FN2O2S/c1-30-22-9-5-2-6-18(22)15-24-25(20-7-3-4-8-21(20)27)29-26(32-24)28-16-17-10-11-23-19(14-17)12-13-31-23/h2-11,14H,12-13,15-16H2,1H3,(H,28,29). The molecule has 1 N–H and O–H groups in total. The maximum atomic E-state index is 14.6. The lowest BCUT2D eigenvalue weighted by Gasteiger charge is -2.08. The number of aromatic nitrogens is 1. The van der Waals surface area contributed by atoms with Gasteiger partial charge in [0.2, 0.25) is 0 Å². The third-order valence-electron chi connectivity index (χ3n) is 5.57. The van der Waals surface area contributed by atoms with E-state index in [9.17, 15) is 4.39 Å². The topological polar surface area (TPSA) is 43.4 Å². The van der Waals surface area contributed by atoms with Crippen molar-refractivity contribution in [3.8, 4) is 22.8 Å². The molecule has 162 valence electrons. The molecule has 4 aromatic rings. The van der Waals surface area contributed by atoms with Gasteiger partial charge in [0.1, 0.15) is 17.3 Å². The Bertz CT molecular complexity index is 1250. The van der Waals surface area contributed by atoms with Gasteiger partial charge < -0.3 is 14.8 Å². The second-order valence-electron chi connectivity index (χ2n) is 7.65. The van der Waals surface area contributed by atoms with Crippen molar-refractivity contribution < 1.29 is 13.9 Å². The molecule has 0 unspecified atom stereocenters. The summed E-state index contributed by atoms with van der Waals surface area (Å²) in [5, 5.41) is 4.20. The van der Waals surface area contributed by atoms with E-state index in [-0.39, 0.29) is 5.82 Å². The van der Waals surface area contributed by atoms with E-state index in [0.29, 0.717) is 24.2 Å². The maximum Gasteiger partial charge on any atom is 0.183 e. The number of nitrogens with one attached hydrogen (secondary N) is 1. The number of thiazole rings is 1. The summed E-state index contributed by atoms with van der Waals surface area (Å²) in [4.78, 5) is 5.77. The lowest BCUT2D eigenvalue weighted by Crippen LogP contribution is -1.99. The van der Waals surface area contributed by atoms with Crippen LogP contribution in [0.25, 0.3) is 11.3 Å². The number of fused-ring (bicyclic) bond motifs is 1. The average Bonchev–Trinajstić information content (AvgIpc) is 3.45. The molecule has 3 aromatic carbocycles. The molecule has 0 atom stereocenters. The first kappa shape index (κ1) is 20.5. The monoisotopic (exact) mass is 446 g/mol. The van der Waals surface area contributed by atoms with E-state index in [0.717, 1.165) is 40.1 Å². The summed E-state index contributed by atoms with van der Waals surface area (Å²) in [6, 6.07) is 21.0. The molecule has 1 aromatic heterocycles. The zero-order valence-electron chi connectivity index (χ0n) is 17.7. The molecule has 0 fully saturated rings. The number of hydrogen-bond donors (Lipinski definition) is 1. The molecule has 2 heterocycles. The van der Waals surface area contributed by atoms with Gasteiger partial charge in [-0.05, 0) is 41.0 Å². The van der Waals surface area contributed by atoms with Crippen LogP contribution in [0.15, 0.2) is 66.7 Å². The molecule has 0 bridgehead atoms. The Hall–Kier alpha value is -3.38. The fourth-order valence-electron chi connectivity index (χ4n) is 3.96. The number of nitrogens with zero attached hydrogens (tertiary/aromatic N) is 1. The van der Waals surface area contributed by atoms with Crippen molar-refractivity contribution in [3.05, 3.63) is 94.1 Å². The molecule has 5 rings (SSSR count). The predicted octanol–water partition coefficient (Wildman–Crippen LogP) is 6.10. The van der Waals surface area contributed by atoms with Gasteiger partial charge in [0, 0.05) is 29.8 Å². The van der Waals surface area contributed by atoms with Gasteiger partial charge in [-0.2, -0.15) is 0 Å². The molecule has 6 heteroatoms. The third-order valence-corrected chi connectivity index (χ3v) is 6.58. The largest absolute Gasteiger partial charge is 0.496 e. The Morgan fingerprint density at radius 2 is 1.94 bits per heavy atom. The van der Waals surface area contributed by atoms with Crippen molar-refractivity contribution in [2.75, 3.05) is 19.0 Å². The van der Waals surface area contributed by atoms with E-state index in [4.69, 9.17) is 14.5 Å². The molecule has 0 spiro atoms. The highest BCUT2D eigenvalue weighted by molar-refractivity contribution is 7.16. The van der Waals surface area contributed by atoms with Crippen molar-refractivity contribution >= 4 is 16.5 Å². The number of halogens is 1. The first-order valence-corrected chi connectivity index (χ1v) is 11.4. The summed E-state index contributed by atoms with van der Waals surface area (Å²) in [7, 11) is 1.66. The normalized spacial score (nSPS) is 12.3. The van der Waals surface area contributed by atoms with Crippen LogP contribution in [0.2, 0.25) is 0 Å². The Balaban J connectivity index is 1.44. The molecule has 0 radical (unpaired) electrons. The summed E-state index contributed by atoms with van der Waals surface area (Å²) in [6.07, 6.45) is 1.56. The number of benzene rings is 3. The molecular weight excluding hydrogens is 423 g/mol. The van der Waals surface area contributed by atoms with Gasteiger partial charge in [-0.25, -0.2) is 9.37 Å². The van der Waals surface area contributed by atoms with Gasteiger partial charge in [-0.15, -0.1) is 11.3 Å². The van der Waals surface area contributed by atoms with E-state index in [1.807, 2.05) is 36.4 Å². The van der Waals surface area contributed by atoms with E-state index in [1.54, 1.807) is 30.6 Å². The third kappa shape index (κ3) is 4.18. The van der Waals surface area contributed by atoms with E-state index in [2.05, 4.69) is 17.4 Å². The van der Waals surface area contributed by atoms with Crippen LogP contribution in [0.4, 0.5) is 9.52 Å². The highest BCUT2D eigenvalue weighted by atomic mass is 32.1. The SMILES string of the molecule is COc1ccccc1Cc1sc(NCc2ccc3c(c2)CCO3)nc1-c1ccccc1F. The predicted molar refractivity (Wildman–Crippen MR) is 126 cm³/mol. The summed E-state index contributed by atoms with van der Waals surface area (Å²) >= 11 is 1.55. The molecule has 32 heavy (non-hydrogen) atoms. The summed E-state index contributed by atoms with van der Waals surface area (Å²) in [5.41, 5.74) is 4.64. The minimum absolute atomic E-state index is 0.274. The number of ether oxygens (including phenoxy) is 2. The van der Waals surface area contributed by atoms with Crippen molar-refractivity contribution in [2.24, 2.45) is 0 Å². The second-order valence-corrected chi connectivity index (χ2v) is 8.74. The molecule has 0 saturated carbocycles. The van der Waals surface area contributed by atoms with Crippen LogP contribution in [-0.2, 0) is 19.4 Å². The van der Waals surface area contributed by atoms with E-state index >= 15 is 0 Å². The minimum Gasteiger partial charge on any atom is -0.496 e. The van der Waals surface area contributed by atoms with Gasteiger partial charge in [0.15, 0.2) is 5.13 Å². The Kier molecular flexibility index (Phi) is 5.77. The first-order chi connectivity index (χ1) is 15.7. The van der Waals surface area contributed by atoms with Crippen LogP contribution in [0.1, 0.15) is 21.6 Å². The smallest absolute Gasteiger partial charge is 0.183 e. The van der Waals surface area contributed by atoms with E-state index < -0.39 is 0 Å². The van der Waals surface area contributed by atoms with Gasteiger partial charge in [0.05, 0.1) is 19.4 Å². The van der Waals surface area contributed by atoms with Crippen LogP contribution < -0.4 is 14.8 Å². The summed E-state index contributed by atoms with van der Waals surface area (Å²) in [5.74, 6) is 1.52. The highest BCUT2D eigenvalue weighted by Crippen LogP contribution is 2.36. The highest BCUT2D eigenvalue weighted by Gasteiger charge is 2.18. The van der Waals surface area contributed by atoms with E-state index in [1.165, 1.54) is 17.2 Å². The van der Waals surface area contributed by atoms with Crippen molar-refractivity contribution in [3.63, 3.8) is 0 Å². The van der Waals surface area contributed by atoms with Crippen LogP contribution >= 0.6 is 11.3 Å². The Morgan fingerprint density at radius 1 is 1.09 bits per heavy atom. The Morgan fingerprint density at radius 3 is 2.81 bits per heavy atom. The molecule has 0 aliphatic carbocycles. The fourth-order valence-corrected chi connectivity index (χ4v) is 4.95. The van der Waals surface area contributed by atoms with Crippen LogP contribution in [0.5, 0.6) is 11.5 Å². The van der Waals surface area contributed by atoms with Gasteiger partial charge in [-0.3, -0.25) is 0 Å². The summed E-state index contributed by atoms with van der Waals surface area (Å²) < 4.78 is 25.7. The lowest BCUT2D eigenvalue weighted by atomic mass is 10.1.